The van der Waals surface area contributed by atoms with Gasteiger partial charge in [0.1, 0.15) is 48.8 Å². The van der Waals surface area contributed by atoms with Crippen molar-refractivity contribution >= 4 is 35.2 Å². The standard InChI is InChI=1S/C49H41F9N8O11/c50-47(51,52)28-18-27(19-29(20-28)48(53,54)55)41-37(10-8-32(43(41)69)34-21-38(63-62-34)49(56,57)58)76-23-26-4-6-30(7-5-26)59-40(68)25-75-17-16-74-15-14-73-13-12-65-22-31(61-64-65)24-77-36-3-1-2-33-42(36)46(72)66(45(33)71)35-9-11-39(67)60-44(35)70/h1-8,10,18-22,35,69H,9,11-17,23-25H2,(H,59,68)(H,62,63)(H,60,67,70). The van der Waals surface area contributed by atoms with E-state index in [2.05, 4.69) is 31.1 Å². The zero-order chi connectivity index (χ0) is 55.2. The fourth-order valence-electron chi connectivity index (χ4n) is 7.97. The quantitative estimate of drug-likeness (QED) is 0.0313. The number of piperidine rings is 1. The minimum atomic E-state index is -5.28. The Kier molecular flexibility index (Phi) is 16.3. The highest BCUT2D eigenvalue weighted by Gasteiger charge is 2.46. The number of aromatic amines is 1. The lowest BCUT2D eigenvalue weighted by Crippen LogP contribution is -2.54. The largest absolute Gasteiger partial charge is 0.506 e. The van der Waals surface area contributed by atoms with Crippen LogP contribution in [0.15, 0.2) is 85.1 Å². The van der Waals surface area contributed by atoms with E-state index in [4.69, 9.17) is 23.7 Å². The molecule has 406 valence electrons. The third kappa shape index (κ3) is 13.2. The summed E-state index contributed by atoms with van der Waals surface area (Å²) in [5.41, 5.74) is -6.08. The van der Waals surface area contributed by atoms with Crippen molar-refractivity contribution in [3.8, 4) is 39.6 Å². The van der Waals surface area contributed by atoms with Crippen LogP contribution in [0.25, 0.3) is 22.4 Å². The van der Waals surface area contributed by atoms with Gasteiger partial charge in [-0.05, 0) is 78.2 Å². The van der Waals surface area contributed by atoms with Crippen molar-refractivity contribution < 1.29 is 92.3 Å². The Balaban J connectivity index is 0.747. The van der Waals surface area contributed by atoms with Gasteiger partial charge < -0.3 is 34.1 Å². The molecule has 0 aliphatic carbocycles. The van der Waals surface area contributed by atoms with E-state index in [9.17, 15) is 68.6 Å². The molecule has 4 N–H and O–H groups in total. The lowest BCUT2D eigenvalue weighted by atomic mass is 9.95. The van der Waals surface area contributed by atoms with E-state index in [1.165, 1.54) is 47.1 Å². The van der Waals surface area contributed by atoms with Crippen LogP contribution in [0, 0.1) is 0 Å². The van der Waals surface area contributed by atoms with Gasteiger partial charge in [-0.15, -0.1) is 5.10 Å². The number of aromatic nitrogens is 5. The zero-order valence-corrected chi connectivity index (χ0v) is 39.6. The molecule has 28 heteroatoms. The first-order valence-corrected chi connectivity index (χ1v) is 22.9. The first-order chi connectivity index (χ1) is 36.5. The van der Waals surface area contributed by atoms with Crippen LogP contribution in [-0.4, -0.2) is 110 Å². The number of carbonyl (C=O) groups is 5. The van der Waals surface area contributed by atoms with Gasteiger partial charge in [-0.1, -0.05) is 23.4 Å². The number of hydrogen-bond donors (Lipinski definition) is 4. The van der Waals surface area contributed by atoms with Gasteiger partial charge in [-0.3, -0.25) is 39.3 Å². The van der Waals surface area contributed by atoms with Crippen LogP contribution in [0.1, 0.15) is 61.6 Å². The molecule has 2 aliphatic heterocycles. The van der Waals surface area contributed by atoms with Crippen molar-refractivity contribution in [2.45, 2.75) is 57.2 Å². The topological polar surface area (TPSA) is 238 Å². The molecular formula is C49H41F9N8O11. The molecule has 1 saturated heterocycles. The zero-order valence-electron chi connectivity index (χ0n) is 39.6. The lowest BCUT2D eigenvalue weighted by molar-refractivity contribution is -0.143. The number of amides is 5. The van der Waals surface area contributed by atoms with E-state index in [0.29, 0.717) is 41.7 Å². The molecule has 0 bridgehead atoms. The smallest absolute Gasteiger partial charge is 0.435 e. The number of hydrogen-bond acceptors (Lipinski definition) is 14. The van der Waals surface area contributed by atoms with Crippen molar-refractivity contribution in [2.24, 2.45) is 0 Å². The summed E-state index contributed by atoms with van der Waals surface area (Å²) in [5, 5.41) is 29.3. The lowest BCUT2D eigenvalue weighted by Gasteiger charge is -2.27. The van der Waals surface area contributed by atoms with Gasteiger partial charge in [0.25, 0.3) is 11.8 Å². The highest BCUT2D eigenvalue weighted by molar-refractivity contribution is 6.24. The van der Waals surface area contributed by atoms with Gasteiger partial charge in [0, 0.05) is 17.7 Å². The van der Waals surface area contributed by atoms with Gasteiger partial charge in [-0.25, -0.2) is 4.68 Å². The molecule has 77 heavy (non-hydrogen) atoms. The van der Waals surface area contributed by atoms with Crippen molar-refractivity contribution in [2.75, 3.05) is 45.0 Å². The Morgan fingerprint density at radius 1 is 0.727 bits per heavy atom. The average Bonchev–Trinajstić information content (AvgIpc) is 4.16. The highest BCUT2D eigenvalue weighted by Crippen LogP contribution is 2.48. The maximum atomic E-state index is 13.8. The number of nitrogens with one attached hydrogen (secondary N) is 3. The van der Waals surface area contributed by atoms with Crippen LogP contribution < -0.4 is 20.1 Å². The predicted octanol–water partition coefficient (Wildman–Crippen LogP) is 7.34. The fourth-order valence-corrected chi connectivity index (χ4v) is 7.97. The summed E-state index contributed by atoms with van der Waals surface area (Å²) in [6.07, 6.45) is -13.9. The molecule has 0 saturated carbocycles. The van der Waals surface area contributed by atoms with Crippen molar-refractivity contribution in [1.29, 1.82) is 0 Å². The van der Waals surface area contributed by atoms with Gasteiger partial charge in [0.15, 0.2) is 5.69 Å². The second-order valence-electron chi connectivity index (χ2n) is 17.0. The number of anilines is 1. The van der Waals surface area contributed by atoms with E-state index < -0.39 is 105 Å². The molecule has 8 rings (SSSR count). The second-order valence-corrected chi connectivity index (χ2v) is 17.0. The number of nitrogens with zero attached hydrogens (tertiary/aromatic N) is 5. The Morgan fingerprint density at radius 3 is 2.05 bits per heavy atom. The number of H-pyrrole nitrogens is 1. The number of phenols is 1. The monoisotopic (exact) mass is 1090 g/mol. The summed E-state index contributed by atoms with van der Waals surface area (Å²) >= 11 is 0. The predicted molar refractivity (Wildman–Crippen MR) is 245 cm³/mol. The fraction of sp³-hybridized carbons (Fsp3) is 0.306. The van der Waals surface area contributed by atoms with E-state index >= 15 is 0 Å². The van der Waals surface area contributed by atoms with Crippen LogP contribution in [-0.2, 0) is 66.9 Å². The first kappa shape index (κ1) is 54.9. The molecule has 0 radical (unpaired) electrons. The Morgan fingerprint density at radius 2 is 1.39 bits per heavy atom. The maximum absolute atomic E-state index is 13.8. The second kappa shape index (κ2) is 22.8. The number of benzene rings is 4. The molecule has 1 atom stereocenters. The van der Waals surface area contributed by atoms with E-state index in [0.717, 1.165) is 17.0 Å². The normalized spacial score (nSPS) is 15.0. The van der Waals surface area contributed by atoms with Crippen molar-refractivity contribution in [3.05, 3.63) is 124 Å². The number of imide groups is 2. The highest BCUT2D eigenvalue weighted by atomic mass is 19.4. The molecule has 2 aliphatic rings. The minimum absolute atomic E-state index is 0.00112. The summed E-state index contributed by atoms with van der Waals surface area (Å²) in [7, 11) is 0. The molecule has 0 spiro atoms. The number of fused-ring (bicyclic) bond motifs is 1. The van der Waals surface area contributed by atoms with Crippen molar-refractivity contribution in [3.63, 3.8) is 0 Å². The number of halogens is 9. The Hall–Kier alpha value is -8.37. The van der Waals surface area contributed by atoms with Gasteiger partial charge in [0.2, 0.25) is 17.7 Å². The van der Waals surface area contributed by atoms with Gasteiger partial charge >= 0.3 is 18.5 Å². The van der Waals surface area contributed by atoms with Crippen LogP contribution in [0.4, 0.5) is 45.2 Å². The molecule has 4 aromatic carbocycles. The van der Waals surface area contributed by atoms with E-state index in [-0.39, 0.29) is 88.6 Å². The van der Waals surface area contributed by atoms with Gasteiger partial charge in [0.05, 0.1) is 79.3 Å². The molecule has 5 amide bonds. The Bertz CT molecular complexity index is 3150. The number of aromatic hydroxyl groups is 1. The molecule has 2 aromatic heterocycles. The summed E-state index contributed by atoms with van der Waals surface area (Å²) in [5.74, 6) is -4.44. The van der Waals surface area contributed by atoms with E-state index in [1.807, 2.05) is 0 Å². The van der Waals surface area contributed by atoms with Crippen LogP contribution >= 0.6 is 0 Å². The number of rotatable bonds is 21. The third-order valence-electron chi connectivity index (χ3n) is 11.6. The molecular weight excluding hydrogens is 1050 g/mol. The summed E-state index contributed by atoms with van der Waals surface area (Å²) in [6.45, 7) is 0.303. The number of carbonyl (C=O) groups excluding carboxylic acids is 5. The van der Waals surface area contributed by atoms with E-state index in [1.54, 1.807) is 6.20 Å². The number of alkyl halides is 9. The van der Waals surface area contributed by atoms with Crippen LogP contribution in [0.5, 0.6) is 17.2 Å². The summed E-state index contributed by atoms with van der Waals surface area (Å²) < 4.78 is 153. The maximum Gasteiger partial charge on any atom is 0.435 e. The molecule has 19 nitrogen and oxygen atoms in total. The SMILES string of the molecule is O=C1CCC(N2C(=O)c3cccc(OCc4cn(CCOCCOCCOCC(=O)Nc5ccc(COc6ccc(-c7cc(C(F)(F)F)n[nH]7)c(O)c6-c6cc(C(F)(F)F)cc(C(F)(F)F)c6)cc5)nn4)c3C2=O)C(=O)N1. The van der Waals surface area contributed by atoms with Gasteiger partial charge in [-0.2, -0.15) is 44.6 Å². The minimum Gasteiger partial charge on any atom is -0.506 e. The number of phenolic OH excluding ortho intramolecular Hbond substituents is 1. The third-order valence-corrected chi connectivity index (χ3v) is 11.6. The average molecular weight is 1090 g/mol. The van der Waals surface area contributed by atoms with Crippen LogP contribution in [0.2, 0.25) is 0 Å². The summed E-state index contributed by atoms with van der Waals surface area (Å²) in [6, 6.07) is 12.4. The molecule has 1 fully saturated rings. The molecule has 4 heterocycles. The first-order valence-electron chi connectivity index (χ1n) is 22.9. The van der Waals surface area contributed by atoms with Crippen LogP contribution in [0.3, 0.4) is 0 Å². The molecule has 1 unspecified atom stereocenters. The molecule has 6 aromatic rings. The number of ether oxygens (including phenoxy) is 5. The van der Waals surface area contributed by atoms with Crippen molar-refractivity contribution in [1.82, 2.24) is 35.4 Å². The Labute approximate surface area is 428 Å². The summed E-state index contributed by atoms with van der Waals surface area (Å²) in [4.78, 5) is 63.8.